The van der Waals surface area contributed by atoms with Crippen molar-refractivity contribution >= 4 is 43.5 Å². The maximum atomic E-state index is 13.2. The second-order valence-electron chi connectivity index (χ2n) is 8.54. The SMILES string of the molecule is C#CCn1c(=NC(=O)C2CCCN(S(=O)(=O)c3ccc(C)cc3)C2)sc2cc(C(=O)OCC)ccc21. The summed E-state index contributed by atoms with van der Waals surface area (Å²) in [7, 11) is -3.71. The number of thiazole rings is 1. The number of ether oxygens (including phenoxy) is 1. The third-order valence-electron chi connectivity index (χ3n) is 6.04. The van der Waals surface area contributed by atoms with E-state index >= 15 is 0 Å². The van der Waals surface area contributed by atoms with E-state index in [1.165, 1.54) is 15.6 Å². The molecular weight excluding hydrogens is 498 g/mol. The lowest BCUT2D eigenvalue weighted by atomic mass is 9.99. The van der Waals surface area contributed by atoms with Crippen LogP contribution in [0.15, 0.2) is 52.4 Å². The molecule has 1 fully saturated rings. The Labute approximate surface area is 214 Å². The van der Waals surface area contributed by atoms with Gasteiger partial charge in [0.2, 0.25) is 10.0 Å². The zero-order valence-corrected chi connectivity index (χ0v) is 21.8. The fraction of sp³-hybridized carbons (Fsp3) is 0.346. The van der Waals surface area contributed by atoms with Gasteiger partial charge in [-0.1, -0.05) is 35.0 Å². The van der Waals surface area contributed by atoms with Crippen molar-refractivity contribution in [2.45, 2.75) is 38.1 Å². The van der Waals surface area contributed by atoms with E-state index in [1.807, 2.05) is 6.92 Å². The van der Waals surface area contributed by atoms with Crippen LogP contribution in [0.3, 0.4) is 0 Å². The molecule has 1 aliphatic rings. The first-order valence-corrected chi connectivity index (χ1v) is 13.9. The maximum absolute atomic E-state index is 13.2. The van der Waals surface area contributed by atoms with Crippen LogP contribution in [-0.4, -0.2) is 48.9 Å². The van der Waals surface area contributed by atoms with Crippen LogP contribution in [0.4, 0.5) is 0 Å². The number of terminal acetylenes is 1. The zero-order chi connectivity index (χ0) is 25.9. The number of esters is 1. The predicted molar refractivity (Wildman–Crippen MR) is 138 cm³/mol. The van der Waals surface area contributed by atoms with Crippen molar-refractivity contribution in [3.63, 3.8) is 0 Å². The number of sulfonamides is 1. The van der Waals surface area contributed by atoms with E-state index in [0.29, 0.717) is 29.8 Å². The lowest BCUT2D eigenvalue weighted by Gasteiger charge is -2.30. The molecule has 0 radical (unpaired) electrons. The molecule has 1 atom stereocenters. The highest BCUT2D eigenvalue weighted by Crippen LogP contribution is 2.25. The molecule has 2 aromatic carbocycles. The number of aryl methyl sites for hydroxylation is 1. The van der Waals surface area contributed by atoms with Crippen LogP contribution in [-0.2, 0) is 26.1 Å². The lowest BCUT2D eigenvalue weighted by molar-refractivity contribution is -0.122. The monoisotopic (exact) mass is 525 g/mol. The van der Waals surface area contributed by atoms with Crippen LogP contribution < -0.4 is 4.80 Å². The standard InChI is InChI=1S/C26H27N3O5S2/c1-4-14-29-22-13-10-19(25(31)34-5-2)16-23(22)35-26(29)27-24(30)20-7-6-15-28(17-20)36(32,33)21-11-8-18(3)9-12-21/h1,8-13,16,20H,5-7,14-15,17H2,2-3H3. The molecule has 0 spiro atoms. The van der Waals surface area contributed by atoms with E-state index in [-0.39, 0.29) is 30.5 Å². The van der Waals surface area contributed by atoms with Gasteiger partial charge in [-0.05, 0) is 57.0 Å². The predicted octanol–water partition coefficient (Wildman–Crippen LogP) is 3.35. The van der Waals surface area contributed by atoms with Gasteiger partial charge in [0.15, 0.2) is 4.80 Å². The molecule has 1 aliphatic heterocycles. The third-order valence-corrected chi connectivity index (χ3v) is 8.96. The highest BCUT2D eigenvalue weighted by atomic mass is 32.2. The Morgan fingerprint density at radius 3 is 2.67 bits per heavy atom. The summed E-state index contributed by atoms with van der Waals surface area (Å²) >= 11 is 1.25. The zero-order valence-electron chi connectivity index (χ0n) is 20.1. The molecule has 1 unspecified atom stereocenters. The van der Waals surface area contributed by atoms with Crippen LogP contribution in [0, 0.1) is 25.2 Å². The molecular formula is C26H27N3O5S2. The molecule has 0 saturated carbocycles. The van der Waals surface area contributed by atoms with Crippen molar-refractivity contribution in [2.75, 3.05) is 19.7 Å². The van der Waals surface area contributed by atoms with Crippen LogP contribution in [0.25, 0.3) is 10.2 Å². The lowest BCUT2D eigenvalue weighted by Crippen LogP contribution is -2.42. The number of carbonyl (C=O) groups is 2. The van der Waals surface area contributed by atoms with E-state index in [9.17, 15) is 18.0 Å². The number of hydrogen-bond acceptors (Lipinski definition) is 6. The van der Waals surface area contributed by atoms with Crippen LogP contribution in [0.1, 0.15) is 35.7 Å². The maximum Gasteiger partial charge on any atom is 0.338 e. The fourth-order valence-electron chi connectivity index (χ4n) is 4.15. The Kier molecular flexibility index (Phi) is 7.73. The Morgan fingerprint density at radius 2 is 1.97 bits per heavy atom. The molecule has 8 nitrogen and oxygen atoms in total. The van der Waals surface area contributed by atoms with Gasteiger partial charge in [0.25, 0.3) is 5.91 Å². The van der Waals surface area contributed by atoms with Crippen molar-refractivity contribution in [1.29, 1.82) is 0 Å². The summed E-state index contributed by atoms with van der Waals surface area (Å²) in [4.78, 5) is 30.3. The Balaban J connectivity index is 1.63. The number of aromatic nitrogens is 1. The molecule has 0 bridgehead atoms. The van der Waals surface area contributed by atoms with Gasteiger partial charge in [0.05, 0.1) is 39.7 Å². The molecule has 0 aliphatic carbocycles. The van der Waals surface area contributed by atoms with Gasteiger partial charge in [-0.25, -0.2) is 13.2 Å². The number of amides is 1. The molecule has 1 aromatic heterocycles. The molecule has 3 aromatic rings. The molecule has 4 rings (SSSR count). The summed E-state index contributed by atoms with van der Waals surface area (Å²) in [6.07, 6.45) is 6.68. The van der Waals surface area contributed by atoms with Crippen molar-refractivity contribution in [3.05, 3.63) is 58.4 Å². The Morgan fingerprint density at radius 1 is 1.22 bits per heavy atom. The second-order valence-corrected chi connectivity index (χ2v) is 11.5. The average Bonchev–Trinajstić information content (AvgIpc) is 3.20. The van der Waals surface area contributed by atoms with E-state index in [2.05, 4.69) is 10.9 Å². The van der Waals surface area contributed by atoms with Crippen molar-refractivity contribution in [1.82, 2.24) is 8.87 Å². The van der Waals surface area contributed by atoms with Crippen molar-refractivity contribution in [3.8, 4) is 12.3 Å². The first kappa shape index (κ1) is 25.8. The molecule has 36 heavy (non-hydrogen) atoms. The van der Waals surface area contributed by atoms with E-state index in [1.54, 1.807) is 54.0 Å². The first-order valence-electron chi connectivity index (χ1n) is 11.6. The summed E-state index contributed by atoms with van der Waals surface area (Å²) in [5.74, 6) is 1.21. The molecule has 0 N–H and O–H groups in total. The molecule has 1 amide bonds. The number of hydrogen-bond donors (Lipinski definition) is 0. The number of fused-ring (bicyclic) bond motifs is 1. The Bertz CT molecular complexity index is 1510. The summed E-state index contributed by atoms with van der Waals surface area (Å²) < 4.78 is 35.2. The van der Waals surface area contributed by atoms with Crippen LogP contribution in [0.2, 0.25) is 0 Å². The van der Waals surface area contributed by atoms with Gasteiger partial charge >= 0.3 is 5.97 Å². The van der Waals surface area contributed by atoms with Crippen LogP contribution >= 0.6 is 11.3 Å². The van der Waals surface area contributed by atoms with Crippen LogP contribution in [0.5, 0.6) is 0 Å². The number of benzene rings is 2. The van der Waals surface area contributed by atoms with Crippen molar-refractivity contribution < 1.29 is 22.7 Å². The average molecular weight is 526 g/mol. The summed E-state index contributed by atoms with van der Waals surface area (Å²) in [5.41, 5.74) is 2.13. The van der Waals surface area contributed by atoms with E-state index in [0.717, 1.165) is 15.8 Å². The smallest absolute Gasteiger partial charge is 0.338 e. The largest absolute Gasteiger partial charge is 0.462 e. The summed E-state index contributed by atoms with van der Waals surface area (Å²) in [5, 5.41) is 0. The molecule has 2 heterocycles. The topological polar surface area (TPSA) is 98.0 Å². The normalized spacial score (nSPS) is 17.1. The van der Waals surface area contributed by atoms with Gasteiger partial charge in [0.1, 0.15) is 0 Å². The van der Waals surface area contributed by atoms with E-state index < -0.39 is 21.9 Å². The molecule has 10 heteroatoms. The number of piperidine rings is 1. The minimum Gasteiger partial charge on any atom is -0.462 e. The van der Waals surface area contributed by atoms with E-state index in [4.69, 9.17) is 11.2 Å². The highest BCUT2D eigenvalue weighted by Gasteiger charge is 2.33. The minimum absolute atomic E-state index is 0.0750. The van der Waals surface area contributed by atoms with Gasteiger partial charge in [0, 0.05) is 13.1 Å². The van der Waals surface area contributed by atoms with Gasteiger partial charge in [-0.3, -0.25) is 4.79 Å². The Hall–Kier alpha value is -3.26. The fourth-order valence-corrected chi connectivity index (χ4v) is 6.75. The van der Waals surface area contributed by atoms with Gasteiger partial charge < -0.3 is 9.30 Å². The molecule has 188 valence electrons. The first-order chi connectivity index (χ1) is 17.2. The molecule has 1 saturated heterocycles. The number of rotatable bonds is 6. The minimum atomic E-state index is -3.71. The second kappa shape index (κ2) is 10.8. The van der Waals surface area contributed by atoms with Gasteiger partial charge in [-0.2, -0.15) is 9.30 Å². The quantitative estimate of drug-likeness (QED) is 0.363. The summed E-state index contributed by atoms with van der Waals surface area (Å²) in [6.45, 7) is 4.53. The highest BCUT2D eigenvalue weighted by molar-refractivity contribution is 7.89. The third kappa shape index (κ3) is 5.28. The van der Waals surface area contributed by atoms with Gasteiger partial charge in [-0.15, -0.1) is 6.42 Å². The van der Waals surface area contributed by atoms with Crippen molar-refractivity contribution in [2.24, 2.45) is 10.9 Å². The number of carbonyl (C=O) groups excluding carboxylic acids is 2. The number of nitrogens with zero attached hydrogens (tertiary/aromatic N) is 3. The summed E-state index contributed by atoms with van der Waals surface area (Å²) in [6, 6.07) is 11.8.